The molecule has 0 aromatic heterocycles. The van der Waals surface area contributed by atoms with E-state index in [4.69, 9.17) is 23.2 Å². The number of imide groups is 2. The highest BCUT2D eigenvalue weighted by molar-refractivity contribution is 6.54. The highest BCUT2D eigenvalue weighted by Gasteiger charge is 2.39. The maximum Gasteiger partial charge on any atom is 0.336 e. The molecule has 0 saturated carbocycles. The Labute approximate surface area is 99.9 Å². The van der Waals surface area contributed by atoms with Crippen molar-refractivity contribution in [3.8, 4) is 0 Å². The minimum atomic E-state index is -0.985. The third-order valence-electron chi connectivity index (χ3n) is 1.99. The number of nitrogens with zero attached hydrogens (tertiary/aromatic N) is 1. The van der Waals surface area contributed by atoms with E-state index in [9.17, 15) is 14.4 Å². The van der Waals surface area contributed by atoms with Crippen molar-refractivity contribution in [3.63, 3.8) is 0 Å². The SMILES string of the molecule is O=C1NC(=O)N(c2cccc(Cl)c2Cl)C1=O. The van der Waals surface area contributed by atoms with Crippen molar-refractivity contribution in [3.05, 3.63) is 28.2 Å². The molecule has 1 N–H and O–H groups in total. The second-order valence-electron chi connectivity index (χ2n) is 2.97. The lowest BCUT2D eigenvalue weighted by molar-refractivity contribution is -0.134. The van der Waals surface area contributed by atoms with Crippen LogP contribution in [0.2, 0.25) is 10.0 Å². The largest absolute Gasteiger partial charge is 0.336 e. The van der Waals surface area contributed by atoms with E-state index < -0.39 is 17.8 Å². The Morgan fingerprint density at radius 3 is 2.38 bits per heavy atom. The van der Waals surface area contributed by atoms with Crippen LogP contribution in [0, 0.1) is 0 Å². The van der Waals surface area contributed by atoms with Gasteiger partial charge in [-0.3, -0.25) is 14.9 Å². The third kappa shape index (κ3) is 1.54. The molecule has 0 spiro atoms. The topological polar surface area (TPSA) is 66.5 Å². The zero-order valence-electron chi connectivity index (χ0n) is 7.66. The van der Waals surface area contributed by atoms with Crippen molar-refractivity contribution in [1.29, 1.82) is 0 Å². The van der Waals surface area contributed by atoms with Gasteiger partial charge in [-0.1, -0.05) is 29.3 Å². The highest BCUT2D eigenvalue weighted by atomic mass is 35.5. The summed E-state index contributed by atoms with van der Waals surface area (Å²) in [6, 6.07) is 3.62. The summed E-state index contributed by atoms with van der Waals surface area (Å²) < 4.78 is 0. The molecule has 16 heavy (non-hydrogen) atoms. The first-order valence-corrected chi connectivity index (χ1v) is 4.91. The molecule has 1 saturated heterocycles. The van der Waals surface area contributed by atoms with Crippen molar-refractivity contribution in [2.75, 3.05) is 4.90 Å². The number of hydrogen-bond acceptors (Lipinski definition) is 3. The normalized spacial score (nSPS) is 15.6. The number of amides is 4. The van der Waals surface area contributed by atoms with E-state index in [1.807, 2.05) is 5.32 Å². The van der Waals surface area contributed by atoms with E-state index in [-0.39, 0.29) is 15.7 Å². The molecule has 7 heteroatoms. The van der Waals surface area contributed by atoms with Crippen molar-refractivity contribution in [2.24, 2.45) is 0 Å². The molecule has 5 nitrogen and oxygen atoms in total. The fourth-order valence-electron chi connectivity index (χ4n) is 1.28. The summed E-state index contributed by atoms with van der Waals surface area (Å²) in [5, 5.41) is 2.10. The van der Waals surface area contributed by atoms with Gasteiger partial charge < -0.3 is 0 Å². The van der Waals surface area contributed by atoms with Crippen LogP contribution in [0.5, 0.6) is 0 Å². The lowest BCUT2D eigenvalue weighted by Crippen LogP contribution is -2.31. The minimum Gasteiger partial charge on any atom is -0.269 e. The van der Waals surface area contributed by atoms with Crippen LogP contribution in [0.1, 0.15) is 0 Å². The molecular formula is C9H4Cl2N2O3. The van der Waals surface area contributed by atoms with Crippen LogP contribution in [0.25, 0.3) is 0 Å². The number of anilines is 1. The van der Waals surface area contributed by atoms with Gasteiger partial charge in [0, 0.05) is 0 Å². The highest BCUT2D eigenvalue weighted by Crippen LogP contribution is 2.33. The fraction of sp³-hybridized carbons (Fsp3) is 0. The van der Waals surface area contributed by atoms with Crippen molar-refractivity contribution in [1.82, 2.24) is 5.32 Å². The number of carbonyl (C=O) groups is 3. The van der Waals surface area contributed by atoms with E-state index in [1.54, 1.807) is 0 Å². The standard InChI is InChI=1S/C9H4Cl2N2O3/c10-4-2-1-3-5(6(4)11)13-8(15)7(14)12-9(13)16/h1-3H,(H,12,14,16). The lowest BCUT2D eigenvalue weighted by Gasteiger charge is -2.13. The summed E-state index contributed by atoms with van der Waals surface area (Å²) in [5.41, 5.74) is 0.0857. The van der Waals surface area contributed by atoms with Crippen LogP contribution >= 0.6 is 23.2 Å². The van der Waals surface area contributed by atoms with Gasteiger partial charge in [0.1, 0.15) is 0 Å². The van der Waals surface area contributed by atoms with Crippen LogP contribution in [-0.4, -0.2) is 17.8 Å². The smallest absolute Gasteiger partial charge is 0.269 e. The van der Waals surface area contributed by atoms with Crippen LogP contribution in [0.4, 0.5) is 10.5 Å². The van der Waals surface area contributed by atoms with Gasteiger partial charge in [-0.05, 0) is 12.1 Å². The van der Waals surface area contributed by atoms with Gasteiger partial charge in [0.25, 0.3) is 0 Å². The maximum absolute atomic E-state index is 11.4. The lowest BCUT2D eigenvalue weighted by atomic mass is 10.3. The zero-order chi connectivity index (χ0) is 11.9. The van der Waals surface area contributed by atoms with Crippen LogP contribution < -0.4 is 10.2 Å². The second-order valence-corrected chi connectivity index (χ2v) is 3.76. The molecule has 1 aromatic rings. The molecule has 1 aromatic carbocycles. The molecule has 0 unspecified atom stereocenters. The van der Waals surface area contributed by atoms with Gasteiger partial charge in [0.2, 0.25) is 0 Å². The zero-order valence-corrected chi connectivity index (χ0v) is 9.17. The maximum atomic E-state index is 11.4. The summed E-state index contributed by atoms with van der Waals surface area (Å²) in [7, 11) is 0. The Bertz CT molecular complexity index is 515. The summed E-state index contributed by atoms with van der Waals surface area (Å²) in [6.07, 6.45) is 0. The number of rotatable bonds is 1. The van der Waals surface area contributed by atoms with Gasteiger partial charge in [0.15, 0.2) is 0 Å². The summed E-state index contributed by atoms with van der Waals surface area (Å²) >= 11 is 11.6. The average Bonchev–Trinajstić information content (AvgIpc) is 2.47. The first kappa shape index (κ1) is 10.9. The molecule has 0 aliphatic carbocycles. The average molecular weight is 259 g/mol. The molecule has 1 aliphatic rings. The Morgan fingerprint density at radius 2 is 1.81 bits per heavy atom. The van der Waals surface area contributed by atoms with Gasteiger partial charge in [-0.2, -0.15) is 0 Å². The number of urea groups is 1. The number of nitrogens with one attached hydrogen (secondary N) is 1. The van der Waals surface area contributed by atoms with E-state index >= 15 is 0 Å². The van der Waals surface area contributed by atoms with Crippen LogP contribution in [-0.2, 0) is 9.59 Å². The number of carbonyl (C=O) groups excluding carboxylic acids is 3. The van der Waals surface area contributed by atoms with Gasteiger partial charge in [0.05, 0.1) is 15.7 Å². The quantitative estimate of drug-likeness (QED) is 0.615. The van der Waals surface area contributed by atoms with E-state index in [0.717, 1.165) is 0 Å². The third-order valence-corrected chi connectivity index (χ3v) is 2.80. The molecule has 1 fully saturated rings. The Balaban J connectivity index is 2.53. The summed E-state index contributed by atoms with van der Waals surface area (Å²) in [5.74, 6) is -1.96. The predicted octanol–water partition coefficient (Wildman–Crippen LogP) is 1.58. The number of hydrogen-bond donors (Lipinski definition) is 1. The van der Waals surface area contributed by atoms with E-state index in [2.05, 4.69) is 0 Å². The Kier molecular flexibility index (Phi) is 2.57. The molecule has 1 heterocycles. The van der Waals surface area contributed by atoms with Crippen molar-refractivity contribution in [2.45, 2.75) is 0 Å². The molecule has 2 rings (SSSR count). The molecular weight excluding hydrogens is 255 g/mol. The number of halogens is 2. The second kappa shape index (κ2) is 3.77. The Morgan fingerprint density at radius 1 is 1.12 bits per heavy atom. The van der Waals surface area contributed by atoms with Gasteiger partial charge >= 0.3 is 17.8 Å². The first-order valence-electron chi connectivity index (χ1n) is 4.16. The van der Waals surface area contributed by atoms with Crippen LogP contribution in [0.15, 0.2) is 18.2 Å². The summed E-state index contributed by atoms with van der Waals surface area (Å²) in [4.78, 5) is 34.3. The predicted molar refractivity (Wildman–Crippen MR) is 57.5 cm³/mol. The minimum absolute atomic E-state index is 0.0439. The van der Waals surface area contributed by atoms with E-state index in [0.29, 0.717) is 4.90 Å². The van der Waals surface area contributed by atoms with Gasteiger partial charge in [-0.15, -0.1) is 0 Å². The van der Waals surface area contributed by atoms with E-state index in [1.165, 1.54) is 18.2 Å². The van der Waals surface area contributed by atoms with Crippen LogP contribution in [0.3, 0.4) is 0 Å². The summed E-state index contributed by atoms with van der Waals surface area (Å²) in [6.45, 7) is 0. The van der Waals surface area contributed by atoms with Crippen molar-refractivity contribution >= 4 is 46.7 Å². The van der Waals surface area contributed by atoms with Crippen molar-refractivity contribution < 1.29 is 14.4 Å². The number of benzene rings is 1. The Hall–Kier alpha value is -1.59. The first-order chi connectivity index (χ1) is 7.52. The fourth-order valence-corrected chi connectivity index (χ4v) is 1.66. The van der Waals surface area contributed by atoms with Gasteiger partial charge in [-0.25, -0.2) is 9.69 Å². The molecule has 1 aliphatic heterocycles. The molecule has 0 bridgehead atoms. The molecule has 0 radical (unpaired) electrons. The molecule has 4 amide bonds. The molecule has 0 atom stereocenters. The monoisotopic (exact) mass is 258 g/mol. The molecule has 82 valence electrons.